The van der Waals surface area contributed by atoms with E-state index < -0.39 is 11.2 Å². The van der Waals surface area contributed by atoms with Crippen LogP contribution in [0.3, 0.4) is 0 Å². The molecule has 4 rings (SSSR count). The number of benzene rings is 2. The molecule has 0 amide bonds. The molecule has 7 nitrogen and oxygen atoms in total. The third-order valence-corrected chi connectivity index (χ3v) is 6.10. The SMILES string of the molecule is Cn1c(N2CCN(C(c3ccc(F)cc3)c3ccc(F)cc3)CC2)c(C#N)c(=O)n(C)c1=O. The molecule has 0 bridgehead atoms. The van der Waals surface area contributed by atoms with Gasteiger partial charge in [0.05, 0.1) is 6.04 Å². The van der Waals surface area contributed by atoms with Gasteiger partial charge in [-0.1, -0.05) is 24.3 Å². The predicted molar refractivity (Wildman–Crippen MR) is 120 cm³/mol. The Labute approximate surface area is 189 Å². The van der Waals surface area contributed by atoms with Crippen LogP contribution in [-0.4, -0.2) is 40.2 Å². The number of piperazine rings is 1. The lowest BCUT2D eigenvalue weighted by Gasteiger charge is -2.41. The fraction of sp³-hybridized carbons (Fsp3) is 0.292. The van der Waals surface area contributed by atoms with Gasteiger partial charge in [-0.3, -0.25) is 18.8 Å². The summed E-state index contributed by atoms with van der Waals surface area (Å²) in [6.45, 7) is 2.03. The molecule has 2 heterocycles. The minimum absolute atomic E-state index is 0.0679. The molecule has 0 unspecified atom stereocenters. The minimum Gasteiger partial charge on any atom is -0.354 e. The maximum atomic E-state index is 13.5. The highest BCUT2D eigenvalue weighted by molar-refractivity contribution is 5.54. The fourth-order valence-electron chi connectivity index (χ4n) is 4.40. The van der Waals surface area contributed by atoms with Gasteiger partial charge in [0, 0.05) is 40.3 Å². The zero-order valence-electron chi connectivity index (χ0n) is 18.3. The van der Waals surface area contributed by atoms with Crippen molar-refractivity contribution >= 4 is 5.82 Å². The van der Waals surface area contributed by atoms with Gasteiger partial charge in [0.15, 0.2) is 5.56 Å². The van der Waals surface area contributed by atoms with Crippen molar-refractivity contribution in [2.75, 3.05) is 31.1 Å². The van der Waals surface area contributed by atoms with Crippen LogP contribution in [0.25, 0.3) is 0 Å². The summed E-state index contributed by atoms with van der Waals surface area (Å²) in [5.74, 6) is -0.362. The Morgan fingerprint density at radius 3 is 1.76 bits per heavy atom. The number of rotatable bonds is 4. The van der Waals surface area contributed by atoms with E-state index in [-0.39, 0.29) is 23.2 Å². The summed E-state index contributed by atoms with van der Waals surface area (Å²) in [7, 11) is 2.90. The van der Waals surface area contributed by atoms with Gasteiger partial charge in [-0.25, -0.2) is 13.6 Å². The molecular formula is C24H23F2N5O2. The molecule has 33 heavy (non-hydrogen) atoms. The number of halogens is 2. The highest BCUT2D eigenvalue weighted by Crippen LogP contribution is 2.31. The Hall–Kier alpha value is -3.77. The minimum atomic E-state index is -0.617. The zero-order valence-corrected chi connectivity index (χ0v) is 18.3. The molecule has 170 valence electrons. The van der Waals surface area contributed by atoms with E-state index >= 15 is 0 Å². The van der Waals surface area contributed by atoms with Crippen LogP contribution in [0.1, 0.15) is 22.7 Å². The summed E-state index contributed by atoms with van der Waals surface area (Å²) < 4.78 is 29.3. The molecule has 2 aromatic carbocycles. The number of aromatic nitrogens is 2. The van der Waals surface area contributed by atoms with Crippen molar-refractivity contribution in [2.45, 2.75) is 6.04 Å². The number of nitriles is 1. The number of hydrogen-bond donors (Lipinski definition) is 0. The average molecular weight is 451 g/mol. The van der Waals surface area contributed by atoms with Gasteiger partial charge < -0.3 is 4.90 Å². The van der Waals surface area contributed by atoms with Crippen LogP contribution in [0.5, 0.6) is 0 Å². The van der Waals surface area contributed by atoms with E-state index in [1.165, 1.54) is 35.9 Å². The second-order valence-corrected chi connectivity index (χ2v) is 8.04. The zero-order chi connectivity index (χ0) is 23.7. The van der Waals surface area contributed by atoms with Crippen LogP contribution in [0.2, 0.25) is 0 Å². The van der Waals surface area contributed by atoms with Crippen molar-refractivity contribution < 1.29 is 8.78 Å². The van der Waals surface area contributed by atoms with Crippen molar-refractivity contribution in [1.29, 1.82) is 5.26 Å². The van der Waals surface area contributed by atoms with Gasteiger partial charge in [-0.15, -0.1) is 0 Å². The van der Waals surface area contributed by atoms with Gasteiger partial charge in [-0.2, -0.15) is 5.26 Å². The largest absolute Gasteiger partial charge is 0.354 e. The highest BCUT2D eigenvalue weighted by Gasteiger charge is 2.29. The number of nitrogens with zero attached hydrogens (tertiary/aromatic N) is 5. The lowest BCUT2D eigenvalue weighted by molar-refractivity contribution is 0.211. The topological polar surface area (TPSA) is 74.3 Å². The molecule has 0 saturated carbocycles. The highest BCUT2D eigenvalue weighted by atomic mass is 19.1. The molecule has 1 aliphatic heterocycles. The first-order chi connectivity index (χ1) is 15.8. The van der Waals surface area contributed by atoms with E-state index in [1.807, 2.05) is 11.0 Å². The van der Waals surface area contributed by atoms with Crippen LogP contribution in [0.15, 0.2) is 58.1 Å². The molecule has 9 heteroatoms. The van der Waals surface area contributed by atoms with Crippen molar-refractivity contribution in [1.82, 2.24) is 14.0 Å². The number of anilines is 1. The Morgan fingerprint density at radius 1 is 0.818 bits per heavy atom. The van der Waals surface area contributed by atoms with E-state index in [4.69, 9.17) is 0 Å². The van der Waals surface area contributed by atoms with Gasteiger partial charge >= 0.3 is 5.69 Å². The van der Waals surface area contributed by atoms with Crippen molar-refractivity contribution in [3.8, 4) is 6.07 Å². The Kier molecular flexibility index (Phi) is 6.11. The van der Waals surface area contributed by atoms with Crippen LogP contribution < -0.4 is 16.1 Å². The van der Waals surface area contributed by atoms with E-state index in [0.29, 0.717) is 32.0 Å². The first-order valence-electron chi connectivity index (χ1n) is 10.5. The molecule has 1 fully saturated rings. The van der Waals surface area contributed by atoms with Gasteiger partial charge in [0.2, 0.25) is 0 Å². The molecule has 0 radical (unpaired) electrons. The van der Waals surface area contributed by atoms with E-state index in [2.05, 4.69) is 4.90 Å². The summed E-state index contributed by atoms with van der Waals surface area (Å²) in [5, 5.41) is 9.58. The predicted octanol–water partition coefficient (Wildman–Crippen LogP) is 2.15. The quantitative estimate of drug-likeness (QED) is 0.608. The van der Waals surface area contributed by atoms with Crippen LogP contribution in [0.4, 0.5) is 14.6 Å². The lowest BCUT2D eigenvalue weighted by Crippen LogP contribution is -2.51. The molecule has 0 aliphatic carbocycles. The molecule has 1 aliphatic rings. The van der Waals surface area contributed by atoms with Crippen LogP contribution in [0, 0.1) is 23.0 Å². The first kappa shape index (κ1) is 22.4. The van der Waals surface area contributed by atoms with Crippen molar-refractivity contribution in [2.24, 2.45) is 14.1 Å². The summed E-state index contributed by atoms with van der Waals surface area (Å²) in [4.78, 5) is 28.9. The number of hydrogen-bond acceptors (Lipinski definition) is 5. The summed E-state index contributed by atoms with van der Waals surface area (Å²) in [6.07, 6.45) is 0. The van der Waals surface area contributed by atoms with Gasteiger partial charge in [-0.05, 0) is 35.4 Å². The third-order valence-electron chi connectivity index (χ3n) is 6.10. The van der Waals surface area contributed by atoms with Gasteiger partial charge in [0.25, 0.3) is 5.56 Å². The monoisotopic (exact) mass is 451 g/mol. The lowest BCUT2D eigenvalue weighted by atomic mass is 9.96. The molecule has 1 aromatic heterocycles. The molecule has 3 aromatic rings. The second kappa shape index (κ2) is 9.00. The van der Waals surface area contributed by atoms with Crippen LogP contribution >= 0.6 is 0 Å². The first-order valence-corrected chi connectivity index (χ1v) is 10.5. The average Bonchev–Trinajstić information content (AvgIpc) is 2.83. The van der Waals surface area contributed by atoms with E-state index in [1.54, 1.807) is 31.3 Å². The standard InChI is InChI=1S/C24H23F2N5O2/c1-28-22(20(15-27)23(32)29(2)24(28)33)31-13-11-30(12-14-31)21(16-3-7-18(25)8-4-16)17-5-9-19(26)10-6-17/h3-10,21H,11-14H2,1-2H3. The van der Waals surface area contributed by atoms with E-state index in [0.717, 1.165) is 15.7 Å². The maximum absolute atomic E-state index is 13.5. The van der Waals surface area contributed by atoms with Crippen molar-refractivity contribution in [3.05, 3.63) is 97.7 Å². The normalized spacial score (nSPS) is 14.5. The second-order valence-electron chi connectivity index (χ2n) is 8.04. The Morgan fingerprint density at radius 2 is 1.30 bits per heavy atom. The summed E-state index contributed by atoms with van der Waals surface area (Å²) in [6, 6.07) is 14.2. The van der Waals surface area contributed by atoms with Crippen molar-refractivity contribution in [3.63, 3.8) is 0 Å². The summed E-state index contributed by atoms with van der Waals surface area (Å²) >= 11 is 0. The fourth-order valence-corrected chi connectivity index (χ4v) is 4.40. The summed E-state index contributed by atoms with van der Waals surface area (Å²) in [5.41, 5.74) is 0.562. The van der Waals surface area contributed by atoms with Crippen LogP contribution in [-0.2, 0) is 14.1 Å². The smallest absolute Gasteiger partial charge is 0.332 e. The Balaban J connectivity index is 1.66. The molecule has 1 saturated heterocycles. The van der Waals surface area contributed by atoms with E-state index in [9.17, 15) is 23.6 Å². The molecule has 0 spiro atoms. The Bertz CT molecular complexity index is 1270. The van der Waals surface area contributed by atoms with Gasteiger partial charge in [0.1, 0.15) is 23.5 Å². The molecule has 0 atom stereocenters. The maximum Gasteiger partial charge on any atom is 0.332 e. The molecule has 0 N–H and O–H groups in total. The third kappa shape index (κ3) is 4.17. The molecular weight excluding hydrogens is 428 g/mol.